The first-order valence-corrected chi connectivity index (χ1v) is 6.97. The van der Waals surface area contributed by atoms with E-state index < -0.39 is 5.41 Å². The van der Waals surface area contributed by atoms with E-state index in [-0.39, 0.29) is 18.3 Å². The molecule has 116 valence electrons. The van der Waals surface area contributed by atoms with Gasteiger partial charge in [0.2, 0.25) is 5.91 Å². The van der Waals surface area contributed by atoms with Crippen molar-refractivity contribution in [2.24, 2.45) is 5.41 Å². The fourth-order valence-electron chi connectivity index (χ4n) is 2.06. The highest BCUT2D eigenvalue weighted by Gasteiger charge is 2.25. The molecule has 0 radical (unpaired) electrons. The molecule has 0 atom stereocenters. The standard InChI is InChI=1S/C16H24N2O3/c1-16(2,15(20)17-3)11-18-10-13-8-6-5-7-12(13)9-14(19)21-4/h5-8,18H,9-11H2,1-4H3,(H,17,20). The van der Waals surface area contributed by atoms with Crippen molar-refractivity contribution in [1.82, 2.24) is 10.6 Å². The molecule has 2 N–H and O–H groups in total. The van der Waals surface area contributed by atoms with Gasteiger partial charge in [0.1, 0.15) is 0 Å². The molecule has 0 saturated heterocycles. The Hall–Kier alpha value is -1.88. The molecule has 1 aromatic rings. The van der Waals surface area contributed by atoms with Crippen molar-refractivity contribution in [2.45, 2.75) is 26.8 Å². The Kier molecular flexibility index (Phi) is 6.37. The number of hydrogen-bond donors (Lipinski definition) is 2. The number of amides is 1. The lowest BCUT2D eigenvalue weighted by Gasteiger charge is -2.23. The number of ether oxygens (including phenoxy) is 1. The molecule has 0 aromatic heterocycles. The summed E-state index contributed by atoms with van der Waals surface area (Å²) in [5.41, 5.74) is 1.50. The number of carbonyl (C=O) groups is 2. The van der Waals surface area contributed by atoms with Gasteiger partial charge in [-0.05, 0) is 25.0 Å². The molecule has 0 aliphatic rings. The lowest BCUT2D eigenvalue weighted by Crippen LogP contribution is -2.41. The summed E-state index contributed by atoms with van der Waals surface area (Å²) in [7, 11) is 3.02. The van der Waals surface area contributed by atoms with Gasteiger partial charge in [0.05, 0.1) is 18.9 Å². The summed E-state index contributed by atoms with van der Waals surface area (Å²) in [6.07, 6.45) is 0.257. The molecule has 0 unspecified atom stereocenters. The molecule has 21 heavy (non-hydrogen) atoms. The molecule has 0 fully saturated rings. The Morgan fingerprint density at radius 3 is 2.38 bits per heavy atom. The predicted molar refractivity (Wildman–Crippen MR) is 81.7 cm³/mol. The van der Waals surface area contributed by atoms with Crippen molar-refractivity contribution in [3.63, 3.8) is 0 Å². The van der Waals surface area contributed by atoms with Crippen LogP contribution in [0, 0.1) is 5.41 Å². The van der Waals surface area contributed by atoms with Crippen LogP contribution in [0.25, 0.3) is 0 Å². The minimum Gasteiger partial charge on any atom is -0.469 e. The Morgan fingerprint density at radius 2 is 1.81 bits per heavy atom. The van der Waals surface area contributed by atoms with Crippen molar-refractivity contribution in [3.05, 3.63) is 35.4 Å². The number of hydrogen-bond acceptors (Lipinski definition) is 4. The van der Waals surface area contributed by atoms with Gasteiger partial charge in [0.25, 0.3) is 0 Å². The van der Waals surface area contributed by atoms with Crippen LogP contribution in [0.2, 0.25) is 0 Å². The van der Waals surface area contributed by atoms with Crippen LogP contribution in [0.15, 0.2) is 24.3 Å². The molecule has 0 saturated carbocycles. The highest BCUT2D eigenvalue weighted by Crippen LogP contribution is 2.15. The van der Waals surface area contributed by atoms with Crippen LogP contribution >= 0.6 is 0 Å². The third-order valence-electron chi connectivity index (χ3n) is 3.40. The summed E-state index contributed by atoms with van der Waals surface area (Å²) >= 11 is 0. The van der Waals surface area contributed by atoms with E-state index in [0.717, 1.165) is 11.1 Å². The quantitative estimate of drug-likeness (QED) is 0.743. The lowest BCUT2D eigenvalue weighted by atomic mass is 9.92. The number of benzene rings is 1. The van der Waals surface area contributed by atoms with Gasteiger partial charge in [-0.15, -0.1) is 0 Å². The van der Waals surface area contributed by atoms with Crippen LogP contribution in [0.5, 0.6) is 0 Å². The summed E-state index contributed by atoms with van der Waals surface area (Å²) in [6, 6.07) is 7.72. The lowest BCUT2D eigenvalue weighted by molar-refractivity contribution is -0.139. The second-order valence-corrected chi connectivity index (χ2v) is 5.59. The van der Waals surface area contributed by atoms with E-state index in [1.54, 1.807) is 7.05 Å². The average Bonchev–Trinajstić information content (AvgIpc) is 2.47. The average molecular weight is 292 g/mol. The number of rotatable bonds is 7. The summed E-state index contributed by atoms with van der Waals surface area (Å²) in [5.74, 6) is -0.258. The Morgan fingerprint density at radius 1 is 1.19 bits per heavy atom. The van der Waals surface area contributed by atoms with E-state index >= 15 is 0 Å². The summed E-state index contributed by atoms with van der Waals surface area (Å²) in [6.45, 7) is 4.94. The van der Waals surface area contributed by atoms with E-state index in [9.17, 15) is 9.59 Å². The zero-order chi connectivity index (χ0) is 15.9. The molecule has 5 heteroatoms. The van der Waals surface area contributed by atoms with Crippen molar-refractivity contribution >= 4 is 11.9 Å². The van der Waals surface area contributed by atoms with Crippen LogP contribution in [-0.2, 0) is 27.3 Å². The zero-order valence-electron chi connectivity index (χ0n) is 13.2. The van der Waals surface area contributed by atoms with E-state index in [0.29, 0.717) is 13.1 Å². The molecule has 1 rings (SSSR count). The van der Waals surface area contributed by atoms with Gasteiger partial charge in [-0.3, -0.25) is 9.59 Å². The first-order chi connectivity index (χ1) is 9.90. The Labute approximate surface area is 126 Å². The van der Waals surface area contributed by atoms with E-state index in [4.69, 9.17) is 4.74 Å². The normalized spacial score (nSPS) is 11.0. The molecular formula is C16H24N2O3. The largest absolute Gasteiger partial charge is 0.469 e. The van der Waals surface area contributed by atoms with Crippen molar-refractivity contribution < 1.29 is 14.3 Å². The van der Waals surface area contributed by atoms with Crippen molar-refractivity contribution in [2.75, 3.05) is 20.7 Å². The summed E-state index contributed by atoms with van der Waals surface area (Å²) < 4.78 is 4.70. The molecule has 1 aromatic carbocycles. The topological polar surface area (TPSA) is 67.4 Å². The molecule has 0 bridgehead atoms. The van der Waals surface area contributed by atoms with Crippen LogP contribution in [-0.4, -0.2) is 32.6 Å². The third-order valence-corrected chi connectivity index (χ3v) is 3.40. The van der Waals surface area contributed by atoms with Crippen LogP contribution in [0.4, 0.5) is 0 Å². The van der Waals surface area contributed by atoms with E-state index in [1.807, 2.05) is 38.1 Å². The fraction of sp³-hybridized carbons (Fsp3) is 0.500. The third kappa shape index (κ3) is 5.19. The monoisotopic (exact) mass is 292 g/mol. The molecular weight excluding hydrogens is 268 g/mol. The number of nitrogens with one attached hydrogen (secondary N) is 2. The molecule has 5 nitrogen and oxygen atoms in total. The smallest absolute Gasteiger partial charge is 0.309 e. The zero-order valence-corrected chi connectivity index (χ0v) is 13.2. The first-order valence-electron chi connectivity index (χ1n) is 6.97. The van der Waals surface area contributed by atoms with Crippen LogP contribution < -0.4 is 10.6 Å². The van der Waals surface area contributed by atoms with Gasteiger partial charge in [0, 0.05) is 20.1 Å². The van der Waals surface area contributed by atoms with Crippen LogP contribution in [0.1, 0.15) is 25.0 Å². The van der Waals surface area contributed by atoms with Gasteiger partial charge in [-0.25, -0.2) is 0 Å². The Balaban J connectivity index is 2.64. The van der Waals surface area contributed by atoms with E-state index in [2.05, 4.69) is 10.6 Å². The number of carbonyl (C=O) groups excluding carboxylic acids is 2. The summed E-state index contributed by atoms with van der Waals surface area (Å²) in [5, 5.41) is 5.93. The van der Waals surface area contributed by atoms with Crippen molar-refractivity contribution in [1.29, 1.82) is 0 Å². The molecule has 1 amide bonds. The Bertz CT molecular complexity index is 498. The fourth-order valence-corrected chi connectivity index (χ4v) is 2.06. The number of methoxy groups -OCH3 is 1. The summed E-state index contributed by atoms with van der Waals surface area (Å²) in [4.78, 5) is 23.1. The van der Waals surface area contributed by atoms with Crippen LogP contribution in [0.3, 0.4) is 0 Å². The SMILES string of the molecule is CNC(=O)C(C)(C)CNCc1ccccc1CC(=O)OC. The minimum absolute atomic E-state index is 0.00199. The maximum atomic E-state index is 11.7. The first kappa shape index (κ1) is 17.2. The molecule has 0 spiro atoms. The number of esters is 1. The maximum Gasteiger partial charge on any atom is 0.309 e. The molecule has 0 aliphatic heterocycles. The second-order valence-electron chi connectivity index (χ2n) is 5.59. The van der Waals surface area contributed by atoms with Gasteiger partial charge in [-0.1, -0.05) is 24.3 Å². The van der Waals surface area contributed by atoms with Crippen molar-refractivity contribution in [3.8, 4) is 0 Å². The predicted octanol–water partition coefficient (Wildman–Crippen LogP) is 1.26. The second kappa shape index (κ2) is 7.78. The molecule has 0 aliphatic carbocycles. The van der Waals surface area contributed by atoms with Gasteiger partial charge in [-0.2, -0.15) is 0 Å². The highest BCUT2D eigenvalue weighted by atomic mass is 16.5. The minimum atomic E-state index is -0.480. The highest BCUT2D eigenvalue weighted by molar-refractivity contribution is 5.81. The molecule has 0 heterocycles. The van der Waals surface area contributed by atoms with E-state index in [1.165, 1.54) is 7.11 Å². The van der Waals surface area contributed by atoms with Gasteiger partial charge >= 0.3 is 5.97 Å². The van der Waals surface area contributed by atoms with Gasteiger partial charge in [0.15, 0.2) is 0 Å². The van der Waals surface area contributed by atoms with Gasteiger partial charge < -0.3 is 15.4 Å². The maximum absolute atomic E-state index is 11.7.